The van der Waals surface area contributed by atoms with Gasteiger partial charge in [0.2, 0.25) is 26.0 Å². The second-order valence-electron chi connectivity index (χ2n) is 10.4. The highest BCUT2D eigenvalue weighted by atomic mass is 32.3. The third-order valence-electron chi connectivity index (χ3n) is 7.18. The molecule has 11 nitrogen and oxygen atoms in total. The average Bonchev–Trinajstić information content (AvgIpc) is 3.39. The first-order valence-corrected chi connectivity index (χ1v) is 17.4. The molecule has 0 aliphatic heterocycles. The van der Waals surface area contributed by atoms with Gasteiger partial charge in [0.25, 0.3) is 0 Å². The summed E-state index contributed by atoms with van der Waals surface area (Å²) in [5.74, 6) is 1.20. The Kier molecular flexibility index (Phi) is 7.52. The first kappa shape index (κ1) is 28.6. The normalized spacial score (nSPS) is 13.4. The van der Waals surface area contributed by atoms with Gasteiger partial charge in [0.1, 0.15) is 12.4 Å². The van der Waals surface area contributed by atoms with Crippen molar-refractivity contribution in [2.45, 2.75) is 32.3 Å². The van der Waals surface area contributed by atoms with Gasteiger partial charge in [-0.2, -0.15) is 13.8 Å². The predicted octanol–water partition coefficient (Wildman–Crippen LogP) is 4.74. The fraction of sp³-hybridized carbons (Fsp3) is 0.233. The zero-order chi connectivity index (χ0) is 30.2. The van der Waals surface area contributed by atoms with Gasteiger partial charge >= 0.3 is 0 Å². The molecular weight excluding hydrogens is 589 g/mol. The summed E-state index contributed by atoms with van der Waals surface area (Å²) in [5, 5.41) is 8.53. The van der Waals surface area contributed by atoms with Gasteiger partial charge in [-0.25, -0.2) is 26.5 Å². The SMILES string of the molecule is CS(=O)(=O)N(c1ccc(Nc2ncc3cnn(-c4ccc(OCc5ccccc5)c5c4CCCC5)c3n2)cc1)S(C)(=O)=O. The van der Waals surface area contributed by atoms with E-state index in [4.69, 9.17) is 9.72 Å². The zero-order valence-corrected chi connectivity index (χ0v) is 25.3. The number of sulfonamides is 2. The Morgan fingerprint density at radius 1 is 0.860 bits per heavy atom. The van der Waals surface area contributed by atoms with E-state index in [0.29, 0.717) is 27.6 Å². The van der Waals surface area contributed by atoms with Crippen LogP contribution in [-0.2, 0) is 39.5 Å². The number of fused-ring (bicyclic) bond motifs is 2. The molecule has 1 N–H and O–H groups in total. The second kappa shape index (κ2) is 11.3. The summed E-state index contributed by atoms with van der Waals surface area (Å²) < 4.78 is 56.9. The molecule has 0 fully saturated rings. The molecule has 2 heterocycles. The summed E-state index contributed by atoms with van der Waals surface area (Å²) in [4.78, 5) is 9.14. The van der Waals surface area contributed by atoms with E-state index in [-0.39, 0.29) is 5.69 Å². The first-order chi connectivity index (χ1) is 20.6. The number of nitrogens with zero attached hydrogens (tertiary/aromatic N) is 5. The largest absolute Gasteiger partial charge is 0.489 e. The van der Waals surface area contributed by atoms with Crippen LogP contribution in [0.3, 0.4) is 0 Å². The van der Waals surface area contributed by atoms with Crippen molar-refractivity contribution in [1.82, 2.24) is 19.7 Å². The molecule has 0 radical (unpaired) electrons. The van der Waals surface area contributed by atoms with Crippen molar-refractivity contribution in [2.75, 3.05) is 21.5 Å². The van der Waals surface area contributed by atoms with Crippen LogP contribution >= 0.6 is 0 Å². The molecule has 0 amide bonds. The molecule has 2 aromatic heterocycles. The molecule has 0 unspecified atom stereocenters. The summed E-state index contributed by atoms with van der Waals surface area (Å²) in [5.41, 5.74) is 5.65. The van der Waals surface area contributed by atoms with Gasteiger partial charge in [-0.1, -0.05) is 30.3 Å². The molecule has 1 aliphatic rings. The van der Waals surface area contributed by atoms with Crippen molar-refractivity contribution in [3.8, 4) is 11.4 Å². The van der Waals surface area contributed by atoms with Crippen LogP contribution in [0.25, 0.3) is 16.7 Å². The Hall–Kier alpha value is -4.49. The van der Waals surface area contributed by atoms with E-state index < -0.39 is 20.0 Å². The van der Waals surface area contributed by atoms with E-state index >= 15 is 0 Å². The third kappa shape index (κ3) is 6.04. The molecule has 0 spiro atoms. The molecule has 0 bridgehead atoms. The molecule has 0 atom stereocenters. The van der Waals surface area contributed by atoms with Crippen LogP contribution in [0.4, 0.5) is 17.3 Å². The van der Waals surface area contributed by atoms with E-state index in [0.717, 1.165) is 60.6 Å². The van der Waals surface area contributed by atoms with E-state index in [9.17, 15) is 16.8 Å². The van der Waals surface area contributed by atoms with Gasteiger partial charge < -0.3 is 10.1 Å². The van der Waals surface area contributed by atoms with E-state index in [1.807, 2.05) is 35.0 Å². The summed E-state index contributed by atoms with van der Waals surface area (Å²) >= 11 is 0. The lowest BCUT2D eigenvalue weighted by Crippen LogP contribution is -2.35. The number of nitrogens with one attached hydrogen (secondary N) is 1. The van der Waals surface area contributed by atoms with Crippen molar-refractivity contribution in [3.63, 3.8) is 0 Å². The van der Waals surface area contributed by atoms with Crippen LogP contribution < -0.4 is 13.8 Å². The fourth-order valence-electron chi connectivity index (χ4n) is 5.36. The van der Waals surface area contributed by atoms with Gasteiger partial charge in [0.15, 0.2) is 5.65 Å². The van der Waals surface area contributed by atoms with Crippen molar-refractivity contribution in [1.29, 1.82) is 0 Å². The minimum absolute atomic E-state index is 0.00552. The Morgan fingerprint density at radius 2 is 1.56 bits per heavy atom. The monoisotopic (exact) mass is 618 g/mol. The molecule has 43 heavy (non-hydrogen) atoms. The molecular formula is C30H30N6O5S2. The summed E-state index contributed by atoms with van der Waals surface area (Å²) in [6.07, 6.45) is 9.11. The standard InChI is InChI=1S/C30H30N6O5S2/c1-42(37,38)36(43(2,39)40)24-14-12-23(13-15-24)33-30-31-18-22-19-32-35(29(22)34-30)27-16-17-28(26-11-7-6-10-25(26)27)41-20-21-8-4-3-5-9-21/h3-5,8-9,12-19H,6-7,10-11,20H2,1-2H3,(H,31,33,34). The first-order valence-electron chi connectivity index (χ1n) is 13.7. The van der Waals surface area contributed by atoms with Crippen LogP contribution in [0.2, 0.25) is 0 Å². The van der Waals surface area contributed by atoms with E-state index in [1.165, 1.54) is 23.3 Å². The number of aromatic nitrogens is 4. The zero-order valence-electron chi connectivity index (χ0n) is 23.6. The lowest BCUT2D eigenvalue weighted by Gasteiger charge is -2.23. The van der Waals surface area contributed by atoms with Crippen LogP contribution in [0.5, 0.6) is 5.75 Å². The molecule has 0 saturated carbocycles. The van der Waals surface area contributed by atoms with Crippen molar-refractivity contribution < 1.29 is 21.6 Å². The number of hydrogen-bond donors (Lipinski definition) is 1. The maximum Gasteiger partial charge on any atom is 0.245 e. The highest BCUT2D eigenvalue weighted by molar-refractivity contribution is 8.09. The van der Waals surface area contributed by atoms with Gasteiger partial charge in [0, 0.05) is 11.9 Å². The van der Waals surface area contributed by atoms with E-state index in [2.05, 4.69) is 27.5 Å². The van der Waals surface area contributed by atoms with Gasteiger partial charge in [-0.05, 0) is 78.8 Å². The minimum atomic E-state index is -4.04. The average molecular weight is 619 g/mol. The van der Waals surface area contributed by atoms with E-state index in [1.54, 1.807) is 24.5 Å². The molecule has 13 heteroatoms. The van der Waals surface area contributed by atoms with Crippen LogP contribution in [0, 0.1) is 0 Å². The maximum absolute atomic E-state index is 12.1. The lowest BCUT2D eigenvalue weighted by atomic mass is 9.89. The topological polar surface area (TPSA) is 136 Å². The highest BCUT2D eigenvalue weighted by Crippen LogP contribution is 2.35. The third-order valence-corrected chi connectivity index (χ3v) is 10.4. The molecule has 0 saturated heterocycles. The minimum Gasteiger partial charge on any atom is -0.489 e. The fourth-order valence-corrected chi connectivity index (χ4v) is 8.34. The van der Waals surface area contributed by atoms with Gasteiger partial charge in [-0.3, -0.25) is 0 Å². The number of benzene rings is 3. The van der Waals surface area contributed by atoms with Gasteiger partial charge in [-0.15, -0.1) is 0 Å². The van der Waals surface area contributed by atoms with Crippen molar-refractivity contribution in [2.24, 2.45) is 0 Å². The Labute approximate surface area is 250 Å². The quantitative estimate of drug-likeness (QED) is 0.248. The molecule has 5 aromatic rings. The molecule has 222 valence electrons. The van der Waals surface area contributed by atoms with Crippen molar-refractivity contribution >= 4 is 48.4 Å². The number of ether oxygens (including phenoxy) is 1. The summed E-state index contributed by atoms with van der Waals surface area (Å²) in [6, 6.07) is 20.1. The van der Waals surface area contributed by atoms with Crippen LogP contribution in [0.1, 0.15) is 29.5 Å². The maximum atomic E-state index is 12.1. The smallest absolute Gasteiger partial charge is 0.245 e. The Balaban J connectivity index is 1.29. The summed E-state index contributed by atoms with van der Waals surface area (Å²) in [6.45, 7) is 0.501. The van der Waals surface area contributed by atoms with Crippen LogP contribution in [-0.4, -0.2) is 49.1 Å². The number of rotatable bonds is 9. The predicted molar refractivity (Wildman–Crippen MR) is 166 cm³/mol. The molecule has 1 aliphatic carbocycles. The number of hydrogen-bond acceptors (Lipinski definition) is 9. The lowest BCUT2D eigenvalue weighted by molar-refractivity contribution is 0.301. The van der Waals surface area contributed by atoms with Crippen LogP contribution in [0.15, 0.2) is 79.1 Å². The Bertz CT molecular complexity index is 1980. The molecule has 3 aromatic carbocycles. The summed E-state index contributed by atoms with van der Waals surface area (Å²) in [7, 11) is -8.08. The Morgan fingerprint density at radius 3 is 2.26 bits per heavy atom. The second-order valence-corrected chi connectivity index (χ2v) is 14.3. The van der Waals surface area contributed by atoms with Crippen molar-refractivity contribution in [3.05, 3.63) is 95.8 Å². The number of anilines is 3. The molecule has 6 rings (SSSR count). The van der Waals surface area contributed by atoms with Gasteiger partial charge in [0.05, 0.1) is 35.5 Å². The highest BCUT2D eigenvalue weighted by Gasteiger charge is 2.27.